The van der Waals surface area contributed by atoms with E-state index in [2.05, 4.69) is 5.32 Å². The van der Waals surface area contributed by atoms with E-state index in [0.29, 0.717) is 12.8 Å². The summed E-state index contributed by atoms with van der Waals surface area (Å²) in [5.74, 6) is -1.29. The van der Waals surface area contributed by atoms with Crippen molar-refractivity contribution in [3.05, 3.63) is 0 Å². The Hall–Kier alpha value is -1.10. The Bertz CT molecular complexity index is 299. The Labute approximate surface area is 101 Å². The highest BCUT2D eigenvalue weighted by molar-refractivity contribution is 5.78. The second-order valence-electron chi connectivity index (χ2n) is 4.89. The first-order chi connectivity index (χ1) is 8.16. The molecule has 0 aromatic rings. The smallest absolute Gasteiger partial charge is 0.308 e. The van der Waals surface area contributed by atoms with Crippen LogP contribution in [0.4, 0.5) is 0 Å². The zero-order valence-electron chi connectivity index (χ0n) is 9.85. The van der Waals surface area contributed by atoms with Gasteiger partial charge in [-0.05, 0) is 25.7 Å². The van der Waals surface area contributed by atoms with Crippen molar-refractivity contribution in [1.29, 1.82) is 0 Å². The fraction of sp³-hybridized carbons (Fsp3) is 0.833. The van der Waals surface area contributed by atoms with E-state index in [1.165, 1.54) is 0 Å². The summed E-state index contributed by atoms with van der Waals surface area (Å²) >= 11 is 0. The van der Waals surface area contributed by atoms with Gasteiger partial charge in [-0.15, -0.1) is 0 Å². The first kappa shape index (κ1) is 12.4. The van der Waals surface area contributed by atoms with Gasteiger partial charge in [0.1, 0.15) is 0 Å². The van der Waals surface area contributed by atoms with Gasteiger partial charge in [0.25, 0.3) is 0 Å². The number of hydrogen-bond donors (Lipinski definition) is 2. The molecule has 5 heteroatoms. The minimum atomic E-state index is -0.801. The largest absolute Gasteiger partial charge is 0.481 e. The Kier molecular flexibility index (Phi) is 3.99. The number of carboxylic acid groups (broad SMARTS) is 1. The van der Waals surface area contributed by atoms with Crippen LogP contribution in [0, 0.1) is 5.92 Å². The number of aliphatic carboxylic acids is 1. The summed E-state index contributed by atoms with van der Waals surface area (Å²) < 4.78 is 5.39. The monoisotopic (exact) mass is 241 g/mol. The summed E-state index contributed by atoms with van der Waals surface area (Å²) in [6, 6.07) is -0.193. The van der Waals surface area contributed by atoms with E-state index in [4.69, 9.17) is 9.84 Å². The Morgan fingerprint density at radius 1 is 1.24 bits per heavy atom. The van der Waals surface area contributed by atoms with E-state index in [-0.39, 0.29) is 18.1 Å². The van der Waals surface area contributed by atoms with Crippen LogP contribution in [-0.4, -0.2) is 35.7 Å². The van der Waals surface area contributed by atoms with Crippen LogP contribution in [0.25, 0.3) is 0 Å². The van der Waals surface area contributed by atoms with Gasteiger partial charge >= 0.3 is 5.97 Å². The van der Waals surface area contributed by atoms with Crippen LogP contribution in [0.1, 0.15) is 38.5 Å². The first-order valence-electron chi connectivity index (χ1n) is 6.30. The average Bonchev–Trinajstić information content (AvgIpc) is 2.88. The molecule has 1 amide bonds. The van der Waals surface area contributed by atoms with Crippen LogP contribution in [-0.2, 0) is 14.3 Å². The highest BCUT2D eigenvalue weighted by atomic mass is 16.5. The topological polar surface area (TPSA) is 75.6 Å². The quantitative estimate of drug-likeness (QED) is 0.767. The zero-order chi connectivity index (χ0) is 12.3. The maximum Gasteiger partial charge on any atom is 0.308 e. The molecule has 2 aliphatic rings. The minimum Gasteiger partial charge on any atom is -0.481 e. The maximum absolute atomic E-state index is 11.7. The van der Waals surface area contributed by atoms with E-state index in [0.717, 1.165) is 32.3 Å². The number of nitrogens with one attached hydrogen (secondary N) is 1. The maximum atomic E-state index is 11.7. The molecule has 0 aromatic carbocycles. The molecule has 0 radical (unpaired) electrons. The van der Waals surface area contributed by atoms with Crippen molar-refractivity contribution in [3.8, 4) is 0 Å². The number of amides is 1. The first-order valence-corrected chi connectivity index (χ1v) is 6.30. The molecule has 1 heterocycles. The summed E-state index contributed by atoms with van der Waals surface area (Å²) in [6.07, 6.45) is 4.65. The normalized spacial score (nSPS) is 32.6. The van der Waals surface area contributed by atoms with Gasteiger partial charge in [0.2, 0.25) is 5.91 Å². The molecule has 1 aliphatic carbocycles. The molecule has 17 heavy (non-hydrogen) atoms. The standard InChI is InChI=1S/C12H19NO4/c14-11(7-8-3-2-6-17-8)13-10-5-1-4-9(10)12(15)16/h8-10H,1-7H2,(H,13,14)(H,15,16)/t8?,9-,10+/m1/s1. The van der Waals surface area contributed by atoms with Crippen LogP contribution < -0.4 is 5.32 Å². The molecular formula is C12H19NO4. The molecule has 96 valence electrons. The van der Waals surface area contributed by atoms with Gasteiger partial charge < -0.3 is 15.2 Å². The second-order valence-corrected chi connectivity index (χ2v) is 4.89. The fourth-order valence-corrected chi connectivity index (χ4v) is 2.71. The molecular weight excluding hydrogens is 222 g/mol. The molecule has 0 spiro atoms. The van der Waals surface area contributed by atoms with Crippen LogP contribution >= 0.6 is 0 Å². The van der Waals surface area contributed by atoms with Crippen molar-refractivity contribution in [3.63, 3.8) is 0 Å². The van der Waals surface area contributed by atoms with Crippen molar-refractivity contribution in [1.82, 2.24) is 5.32 Å². The van der Waals surface area contributed by atoms with E-state index in [1.54, 1.807) is 0 Å². The molecule has 2 rings (SSSR count). The Morgan fingerprint density at radius 3 is 2.71 bits per heavy atom. The van der Waals surface area contributed by atoms with E-state index >= 15 is 0 Å². The van der Waals surface area contributed by atoms with Gasteiger partial charge in [0.05, 0.1) is 18.4 Å². The van der Waals surface area contributed by atoms with Crippen molar-refractivity contribution >= 4 is 11.9 Å². The third-order valence-electron chi connectivity index (χ3n) is 3.62. The molecule has 1 unspecified atom stereocenters. The van der Waals surface area contributed by atoms with Crippen LogP contribution in [0.2, 0.25) is 0 Å². The SMILES string of the molecule is O=C(CC1CCCO1)N[C@H]1CCC[C@H]1C(=O)O. The molecule has 2 fully saturated rings. The van der Waals surface area contributed by atoms with Gasteiger partial charge in [-0.3, -0.25) is 9.59 Å². The highest BCUT2D eigenvalue weighted by Crippen LogP contribution is 2.26. The highest BCUT2D eigenvalue weighted by Gasteiger charge is 2.34. The lowest BCUT2D eigenvalue weighted by molar-refractivity contribution is -0.142. The van der Waals surface area contributed by atoms with Gasteiger partial charge in [0, 0.05) is 12.6 Å². The second kappa shape index (κ2) is 5.49. The number of rotatable bonds is 4. The molecule has 0 bridgehead atoms. The van der Waals surface area contributed by atoms with E-state index in [1.807, 2.05) is 0 Å². The van der Waals surface area contributed by atoms with Crippen molar-refractivity contribution in [2.75, 3.05) is 6.61 Å². The molecule has 1 aliphatic heterocycles. The lowest BCUT2D eigenvalue weighted by Crippen LogP contribution is -2.41. The Morgan fingerprint density at radius 2 is 2.06 bits per heavy atom. The predicted molar refractivity (Wildman–Crippen MR) is 60.5 cm³/mol. The summed E-state index contributed by atoms with van der Waals surface area (Å²) in [7, 11) is 0. The van der Waals surface area contributed by atoms with Crippen molar-refractivity contribution in [2.24, 2.45) is 5.92 Å². The number of carboxylic acids is 1. The predicted octanol–water partition coefficient (Wildman–Crippen LogP) is 0.925. The minimum absolute atomic E-state index is 0.0275. The lowest BCUT2D eigenvalue weighted by Gasteiger charge is -2.18. The number of hydrogen-bond acceptors (Lipinski definition) is 3. The van der Waals surface area contributed by atoms with E-state index in [9.17, 15) is 9.59 Å². The average molecular weight is 241 g/mol. The summed E-state index contributed by atoms with van der Waals surface area (Å²) in [6.45, 7) is 0.735. The van der Waals surface area contributed by atoms with E-state index < -0.39 is 11.9 Å². The Balaban J connectivity index is 1.79. The molecule has 3 atom stereocenters. The third-order valence-corrected chi connectivity index (χ3v) is 3.62. The van der Waals surface area contributed by atoms with Gasteiger partial charge in [-0.1, -0.05) is 6.42 Å². The van der Waals surface area contributed by atoms with Gasteiger partial charge in [-0.2, -0.15) is 0 Å². The lowest BCUT2D eigenvalue weighted by atomic mass is 10.0. The molecule has 1 saturated carbocycles. The third kappa shape index (κ3) is 3.19. The molecule has 1 saturated heterocycles. The van der Waals surface area contributed by atoms with Crippen LogP contribution in [0.15, 0.2) is 0 Å². The summed E-state index contributed by atoms with van der Waals surface area (Å²) in [5.41, 5.74) is 0. The van der Waals surface area contributed by atoms with Crippen molar-refractivity contribution < 1.29 is 19.4 Å². The summed E-state index contributed by atoms with van der Waals surface area (Å²) in [5, 5.41) is 11.8. The van der Waals surface area contributed by atoms with Crippen LogP contribution in [0.5, 0.6) is 0 Å². The summed E-state index contributed by atoms with van der Waals surface area (Å²) in [4.78, 5) is 22.7. The van der Waals surface area contributed by atoms with Crippen molar-refractivity contribution in [2.45, 2.75) is 50.7 Å². The molecule has 2 N–H and O–H groups in total. The number of carbonyl (C=O) groups is 2. The zero-order valence-corrected chi connectivity index (χ0v) is 9.85. The number of ether oxygens (including phenoxy) is 1. The number of carbonyl (C=O) groups excluding carboxylic acids is 1. The van der Waals surface area contributed by atoms with Crippen LogP contribution in [0.3, 0.4) is 0 Å². The van der Waals surface area contributed by atoms with Gasteiger partial charge in [-0.25, -0.2) is 0 Å². The fourth-order valence-electron chi connectivity index (χ4n) is 2.71. The van der Waals surface area contributed by atoms with Gasteiger partial charge in [0.15, 0.2) is 0 Å². The molecule has 0 aromatic heterocycles. The molecule has 5 nitrogen and oxygen atoms in total.